The van der Waals surface area contributed by atoms with Crippen molar-refractivity contribution in [3.63, 3.8) is 0 Å². The SMILES string of the molecule is C[N+]1(C)CCCC(COC(=O)CCCC(=O)OCC2CCC[N+](C)(C)C2)C1.[I-].[I-]. The van der Waals surface area contributed by atoms with Gasteiger partial charge < -0.3 is 66.4 Å². The summed E-state index contributed by atoms with van der Waals surface area (Å²) in [4.78, 5) is 23.8. The Morgan fingerprint density at radius 2 is 1.14 bits per heavy atom. The molecule has 2 unspecified atom stereocenters. The second-order valence-electron chi connectivity index (χ2n) is 9.92. The van der Waals surface area contributed by atoms with Crippen molar-refractivity contribution in [2.24, 2.45) is 11.8 Å². The molecule has 0 radical (unpaired) electrons. The number of likely N-dealkylation sites (tertiary alicyclic amines) is 2. The highest BCUT2D eigenvalue weighted by Crippen LogP contribution is 2.21. The molecule has 0 aliphatic carbocycles. The molecule has 8 heteroatoms. The summed E-state index contributed by atoms with van der Waals surface area (Å²) in [5.41, 5.74) is 0. The zero-order valence-corrected chi connectivity index (χ0v) is 22.9. The lowest BCUT2D eigenvalue weighted by Crippen LogP contribution is -3.00. The largest absolute Gasteiger partial charge is 1.00 e. The number of hydrogen-bond donors (Lipinski definition) is 0. The number of halogens is 2. The van der Waals surface area contributed by atoms with Gasteiger partial charge in [-0.15, -0.1) is 0 Å². The number of hydrogen-bond acceptors (Lipinski definition) is 4. The minimum absolute atomic E-state index is 0. The number of carbonyl (C=O) groups is 2. The Kier molecular flexibility index (Phi) is 13.8. The van der Waals surface area contributed by atoms with Crippen molar-refractivity contribution in [3.8, 4) is 0 Å². The van der Waals surface area contributed by atoms with E-state index in [9.17, 15) is 9.59 Å². The van der Waals surface area contributed by atoms with Crippen LogP contribution < -0.4 is 48.0 Å². The first-order valence-electron chi connectivity index (χ1n) is 10.6. The van der Waals surface area contributed by atoms with Crippen LogP contribution in [0.4, 0.5) is 0 Å². The average Bonchev–Trinajstić information content (AvgIpc) is 2.56. The van der Waals surface area contributed by atoms with Crippen LogP contribution in [0.5, 0.6) is 0 Å². The van der Waals surface area contributed by atoms with Crippen LogP contribution in [0, 0.1) is 11.8 Å². The molecule has 0 aromatic heterocycles. The predicted molar refractivity (Wildman–Crippen MR) is 105 cm³/mol. The predicted octanol–water partition coefficient (Wildman–Crippen LogP) is -3.78. The summed E-state index contributed by atoms with van der Waals surface area (Å²) in [5, 5.41) is 0. The van der Waals surface area contributed by atoms with E-state index in [0.29, 0.717) is 44.3 Å². The van der Waals surface area contributed by atoms with E-state index in [-0.39, 0.29) is 59.9 Å². The molecule has 0 aromatic rings. The Balaban J connectivity index is 0.00000392. The van der Waals surface area contributed by atoms with E-state index in [2.05, 4.69) is 28.2 Å². The lowest BCUT2D eigenvalue weighted by atomic mass is 9.98. The van der Waals surface area contributed by atoms with Crippen molar-refractivity contribution in [2.45, 2.75) is 44.9 Å². The quantitative estimate of drug-likeness (QED) is 0.156. The fraction of sp³-hybridized carbons (Fsp3) is 0.905. The van der Waals surface area contributed by atoms with Gasteiger partial charge in [-0.1, -0.05) is 0 Å². The van der Waals surface area contributed by atoms with Gasteiger partial charge in [-0.3, -0.25) is 9.59 Å². The molecule has 0 amide bonds. The van der Waals surface area contributed by atoms with Gasteiger partial charge in [0.25, 0.3) is 0 Å². The third-order valence-corrected chi connectivity index (χ3v) is 5.98. The number of piperidine rings is 2. The maximum Gasteiger partial charge on any atom is 0.305 e. The first-order chi connectivity index (χ1) is 12.7. The van der Waals surface area contributed by atoms with E-state index >= 15 is 0 Å². The Hall–Kier alpha value is 0.320. The van der Waals surface area contributed by atoms with Crippen LogP contribution in [0.15, 0.2) is 0 Å². The Labute approximate surface area is 211 Å². The van der Waals surface area contributed by atoms with Crippen molar-refractivity contribution in [1.82, 2.24) is 0 Å². The highest BCUT2D eigenvalue weighted by molar-refractivity contribution is 5.72. The molecule has 0 spiro atoms. The molecule has 2 fully saturated rings. The van der Waals surface area contributed by atoms with Crippen molar-refractivity contribution in [1.29, 1.82) is 0 Å². The summed E-state index contributed by atoms with van der Waals surface area (Å²) in [7, 11) is 8.92. The number of quaternary nitrogens is 2. The van der Waals surface area contributed by atoms with Gasteiger partial charge in [-0.05, 0) is 32.1 Å². The fourth-order valence-electron chi connectivity index (χ4n) is 4.59. The molecule has 2 aliphatic rings. The van der Waals surface area contributed by atoms with E-state index < -0.39 is 0 Å². The first kappa shape index (κ1) is 29.3. The summed E-state index contributed by atoms with van der Waals surface area (Å²) in [5.74, 6) is 0.539. The van der Waals surface area contributed by atoms with Crippen molar-refractivity contribution >= 4 is 11.9 Å². The maximum atomic E-state index is 11.9. The second kappa shape index (κ2) is 13.7. The summed E-state index contributed by atoms with van der Waals surface area (Å²) in [6, 6.07) is 0. The molecule has 2 atom stereocenters. The molecule has 2 rings (SSSR count). The van der Waals surface area contributed by atoms with E-state index in [4.69, 9.17) is 9.47 Å². The van der Waals surface area contributed by atoms with E-state index in [1.165, 1.54) is 25.9 Å². The number of esters is 2. The van der Waals surface area contributed by atoms with Gasteiger partial charge in [0.05, 0.1) is 67.6 Å². The molecule has 6 nitrogen and oxygen atoms in total. The zero-order chi connectivity index (χ0) is 19.9. The molecule has 0 bridgehead atoms. The molecule has 0 N–H and O–H groups in total. The molecule has 0 aromatic carbocycles. The second-order valence-corrected chi connectivity index (χ2v) is 9.92. The summed E-state index contributed by atoms with van der Waals surface area (Å²) in [6.45, 7) is 5.56. The van der Waals surface area contributed by atoms with Gasteiger partial charge in [-0.25, -0.2) is 0 Å². The number of nitrogens with zero attached hydrogens (tertiary/aromatic N) is 2. The van der Waals surface area contributed by atoms with Crippen LogP contribution >= 0.6 is 0 Å². The highest BCUT2D eigenvalue weighted by Gasteiger charge is 2.29. The van der Waals surface area contributed by atoms with Gasteiger partial charge in [0.1, 0.15) is 0 Å². The smallest absolute Gasteiger partial charge is 0.305 e. The van der Waals surface area contributed by atoms with Gasteiger partial charge >= 0.3 is 11.9 Å². The van der Waals surface area contributed by atoms with Crippen molar-refractivity contribution in [3.05, 3.63) is 0 Å². The number of ether oxygens (including phenoxy) is 2. The maximum absolute atomic E-state index is 11.9. The molecular weight excluding hydrogens is 598 g/mol. The summed E-state index contributed by atoms with van der Waals surface area (Å²) >= 11 is 0. The molecule has 172 valence electrons. The van der Waals surface area contributed by atoms with Crippen LogP contribution in [-0.4, -0.2) is 88.5 Å². The van der Waals surface area contributed by atoms with E-state index in [1.54, 1.807) is 0 Å². The highest BCUT2D eigenvalue weighted by atomic mass is 127. The normalized spacial score (nSPS) is 25.1. The standard InChI is InChI=1S/C21H40N2O4.2HI/c1-22(2)12-6-8-18(14-22)16-26-20(24)10-5-11-21(25)27-17-19-9-7-13-23(3,4)15-19;;/h18-19H,5-17H2,1-4H3;2*1H/q+2;;/p-2. The molecule has 2 saturated heterocycles. The monoisotopic (exact) mass is 638 g/mol. The van der Waals surface area contributed by atoms with Crippen molar-refractivity contribution < 1.29 is 76.0 Å². The van der Waals surface area contributed by atoms with Crippen LogP contribution in [0.3, 0.4) is 0 Å². The molecule has 0 saturated carbocycles. The minimum Gasteiger partial charge on any atom is -1.00 e. The summed E-state index contributed by atoms with van der Waals surface area (Å²) < 4.78 is 12.9. The summed E-state index contributed by atoms with van der Waals surface area (Å²) in [6.07, 6.45) is 5.77. The van der Waals surface area contributed by atoms with Gasteiger partial charge in [0.15, 0.2) is 0 Å². The van der Waals surface area contributed by atoms with Crippen LogP contribution in [-0.2, 0) is 19.1 Å². The first-order valence-corrected chi connectivity index (χ1v) is 10.6. The zero-order valence-electron chi connectivity index (χ0n) is 18.6. The van der Waals surface area contributed by atoms with Crippen LogP contribution in [0.1, 0.15) is 44.9 Å². The number of carbonyl (C=O) groups excluding carboxylic acids is 2. The van der Waals surface area contributed by atoms with Crippen molar-refractivity contribution in [2.75, 3.05) is 67.6 Å². The molecule has 2 aliphatic heterocycles. The third kappa shape index (κ3) is 12.1. The minimum atomic E-state index is -0.190. The molecular formula is C21H40I2N2O4. The third-order valence-electron chi connectivity index (χ3n) is 5.98. The lowest BCUT2D eigenvalue weighted by Gasteiger charge is -2.37. The molecule has 2 heterocycles. The Morgan fingerprint density at radius 3 is 1.48 bits per heavy atom. The fourth-order valence-corrected chi connectivity index (χ4v) is 4.59. The van der Waals surface area contributed by atoms with Crippen LogP contribution in [0.25, 0.3) is 0 Å². The number of rotatable bonds is 8. The molecule has 29 heavy (non-hydrogen) atoms. The Bertz CT molecular complexity index is 471. The van der Waals surface area contributed by atoms with Gasteiger partial charge in [0, 0.05) is 24.7 Å². The topological polar surface area (TPSA) is 52.6 Å². The van der Waals surface area contributed by atoms with E-state index in [1.807, 2.05) is 0 Å². The van der Waals surface area contributed by atoms with E-state index in [0.717, 1.165) is 34.9 Å². The van der Waals surface area contributed by atoms with Gasteiger partial charge in [-0.2, -0.15) is 0 Å². The Morgan fingerprint density at radius 1 is 0.759 bits per heavy atom. The van der Waals surface area contributed by atoms with Crippen LogP contribution in [0.2, 0.25) is 0 Å². The van der Waals surface area contributed by atoms with Gasteiger partial charge in [0.2, 0.25) is 0 Å². The average molecular weight is 638 g/mol. The lowest BCUT2D eigenvalue weighted by molar-refractivity contribution is -0.898.